The van der Waals surface area contributed by atoms with Crippen molar-refractivity contribution >= 4 is 11.4 Å². The summed E-state index contributed by atoms with van der Waals surface area (Å²) in [6.07, 6.45) is 6.65. The number of pyridine rings is 1. The monoisotopic (exact) mass is 375 g/mol. The predicted octanol–water partition coefficient (Wildman–Crippen LogP) is -0.371. The Labute approximate surface area is 148 Å². The first kappa shape index (κ1) is 17.5. The third kappa shape index (κ3) is 4.55. The van der Waals surface area contributed by atoms with Gasteiger partial charge in [-0.2, -0.15) is 4.57 Å². The second-order valence-corrected chi connectivity index (χ2v) is 5.51. The number of nitrogens with zero attached hydrogens (tertiary/aromatic N) is 3. The summed E-state index contributed by atoms with van der Waals surface area (Å²) in [5.41, 5.74) is 3.32. The number of halogens is 1. The van der Waals surface area contributed by atoms with Gasteiger partial charge in [0.05, 0.1) is 0 Å². The molecule has 1 aliphatic rings. The van der Waals surface area contributed by atoms with Crippen molar-refractivity contribution in [1.82, 2.24) is 0 Å². The van der Waals surface area contributed by atoms with E-state index in [0.717, 1.165) is 24.4 Å². The van der Waals surface area contributed by atoms with Crippen molar-refractivity contribution in [3.63, 3.8) is 0 Å². The minimum Gasteiger partial charge on any atom is -1.00 e. The van der Waals surface area contributed by atoms with E-state index < -0.39 is 0 Å². The van der Waals surface area contributed by atoms with Crippen LogP contribution in [0.25, 0.3) is 0 Å². The maximum atomic E-state index is 5.02. The van der Waals surface area contributed by atoms with Gasteiger partial charge in [-0.1, -0.05) is 23.4 Å². The van der Waals surface area contributed by atoms with E-state index in [2.05, 4.69) is 38.9 Å². The Bertz CT molecular complexity index is 622. The standard InChI is InChI=1S/C18H22N3O.BrH/c1-22-19-18(15-20-11-3-2-4-12-20)16-7-9-17(10-8-16)21-13-5-6-14-21;/h2-4,7-12H,5-6,13-15H2,1H3;1H/q+1;/p-1. The fraction of sp³-hybridized carbons (Fsp3) is 0.333. The first-order valence-corrected chi connectivity index (χ1v) is 7.76. The van der Waals surface area contributed by atoms with E-state index in [1.54, 1.807) is 7.11 Å². The molecule has 5 heteroatoms. The van der Waals surface area contributed by atoms with E-state index in [-0.39, 0.29) is 17.0 Å². The zero-order valence-electron chi connectivity index (χ0n) is 13.4. The summed E-state index contributed by atoms with van der Waals surface area (Å²) in [7, 11) is 1.59. The number of aromatic nitrogens is 1. The normalized spacial score (nSPS) is 14.5. The number of hydrogen-bond acceptors (Lipinski definition) is 3. The molecule has 3 rings (SSSR count). The third-order valence-electron chi connectivity index (χ3n) is 3.98. The molecule has 2 aromatic rings. The lowest BCUT2D eigenvalue weighted by Gasteiger charge is -2.17. The molecule has 0 spiro atoms. The quantitative estimate of drug-likeness (QED) is 0.405. The molecule has 0 aliphatic carbocycles. The van der Waals surface area contributed by atoms with Crippen molar-refractivity contribution < 1.29 is 26.4 Å². The first-order valence-electron chi connectivity index (χ1n) is 7.76. The van der Waals surface area contributed by atoms with Gasteiger partial charge in [-0.25, -0.2) is 0 Å². The second kappa shape index (κ2) is 8.67. The number of benzene rings is 1. The Morgan fingerprint density at radius 1 is 1.09 bits per heavy atom. The summed E-state index contributed by atoms with van der Waals surface area (Å²) in [5.74, 6) is 0. The van der Waals surface area contributed by atoms with Crippen LogP contribution in [0.1, 0.15) is 18.4 Å². The highest BCUT2D eigenvalue weighted by Crippen LogP contribution is 2.20. The molecule has 1 aromatic heterocycles. The summed E-state index contributed by atoms with van der Waals surface area (Å²) in [5, 5.41) is 4.20. The topological polar surface area (TPSA) is 28.7 Å². The van der Waals surface area contributed by atoms with Gasteiger partial charge in [0.15, 0.2) is 24.7 Å². The third-order valence-corrected chi connectivity index (χ3v) is 3.98. The molecule has 0 atom stereocenters. The van der Waals surface area contributed by atoms with Gasteiger partial charge in [0.2, 0.25) is 0 Å². The Morgan fingerprint density at radius 3 is 2.35 bits per heavy atom. The van der Waals surface area contributed by atoms with Gasteiger partial charge in [-0.05, 0) is 25.0 Å². The molecule has 1 aromatic carbocycles. The Balaban J connectivity index is 0.00000192. The van der Waals surface area contributed by atoms with Crippen LogP contribution in [0.3, 0.4) is 0 Å². The number of anilines is 1. The van der Waals surface area contributed by atoms with Crippen LogP contribution in [0.5, 0.6) is 0 Å². The Kier molecular flexibility index (Phi) is 6.59. The molecule has 1 aliphatic heterocycles. The van der Waals surface area contributed by atoms with Crippen LogP contribution >= 0.6 is 0 Å². The van der Waals surface area contributed by atoms with Crippen molar-refractivity contribution in [3.05, 3.63) is 60.4 Å². The maximum Gasteiger partial charge on any atom is 0.194 e. The van der Waals surface area contributed by atoms with Crippen molar-refractivity contribution in [2.24, 2.45) is 5.16 Å². The van der Waals surface area contributed by atoms with E-state index in [0.29, 0.717) is 6.54 Å². The highest BCUT2D eigenvalue weighted by atomic mass is 79.9. The fourth-order valence-corrected chi connectivity index (χ4v) is 2.84. The highest BCUT2D eigenvalue weighted by Gasteiger charge is 2.14. The van der Waals surface area contributed by atoms with E-state index in [1.807, 2.05) is 30.6 Å². The Hall–Kier alpha value is -1.88. The van der Waals surface area contributed by atoms with Crippen LogP contribution in [0.4, 0.5) is 5.69 Å². The summed E-state index contributed by atoms with van der Waals surface area (Å²) >= 11 is 0. The minimum absolute atomic E-state index is 0. The second-order valence-electron chi connectivity index (χ2n) is 5.51. The lowest BCUT2D eigenvalue weighted by Crippen LogP contribution is -3.00. The van der Waals surface area contributed by atoms with Gasteiger partial charge in [-0.15, -0.1) is 0 Å². The lowest BCUT2D eigenvalue weighted by molar-refractivity contribution is -0.681. The number of rotatable bonds is 5. The fourth-order valence-electron chi connectivity index (χ4n) is 2.84. The molecule has 0 amide bonds. The van der Waals surface area contributed by atoms with E-state index >= 15 is 0 Å². The first-order chi connectivity index (χ1) is 10.9. The Morgan fingerprint density at radius 2 is 1.74 bits per heavy atom. The molecule has 1 fully saturated rings. The van der Waals surface area contributed by atoms with Gasteiger partial charge < -0.3 is 26.7 Å². The van der Waals surface area contributed by atoms with Crippen LogP contribution in [-0.4, -0.2) is 25.9 Å². The van der Waals surface area contributed by atoms with Crippen molar-refractivity contribution in [2.75, 3.05) is 25.1 Å². The molecular weight excluding hydrogens is 354 g/mol. The summed E-state index contributed by atoms with van der Waals surface area (Å²) in [6, 6.07) is 14.7. The largest absolute Gasteiger partial charge is 1.00 e. The van der Waals surface area contributed by atoms with Gasteiger partial charge >= 0.3 is 0 Å². The van der Waals surface area contributed by atoms with Crippen LogP contribution in [0, 0.1) is 0 Å². The van der Waals surface area contributed by atoms with E-state index in [4.69, 9.17) is 4.84 Å². The molecule has 0 saturated carbocycles. The lowest BCUT2D eigenvalue weighted by atomic mass is 10.1. The smallest absolute Gasteiger partial charge is 0.194 e. The maximum absolute atomic E-state index is 5.02. The van der Waals surface area contributed by atoms with Crippen molar-refractivity contribution in [3.8, 4) is 0 Å². The molecule has 4 nitrogen and oxygen atoms in total. The van der Waals surface area contributed by atoms with E-state index in [1.165, 1.54) is 18.5 Å². The molecule has 23 heavy (non-hydrogen) atoms. The molecular formula is C18H22BrN3O. The molecule has 0 radical (unpaired) electrons. The van der Waals surface area contributed by atoms with Gasteiger partial charge in [0.1, 0.15) is 7.11 Å². The van der Waals surface area contributed by atoms with Gasteiger partial charge in [0.25, 0.3) is 0 Å². The SMILES string of the molecule is CON=C(C[n+]1ccccc1)c1ccc(N2CCCC2)cc1.[Br-]. The van der Waals surface area contributed by atoms with Crippen molar-refractivity contribution in [1.29, 1.82) is 0 Å². The van der Waals surface area contributed by atoms with Crippen molar-refractivity contribution in [2.45, 2.75) is 19.4 Å². The van der Waals surface area contributed by atoms with Gasteiger partial charge in [0, 0.05) is 36.5 Å². The summed E-state index contributed by atoms with van der Waals surface area (Å²) in [4.78, 5) is 7.46. The zero-order valence-corrected chi connectivity index (χ0v) is 14.9. The molecule has 0 unspecified atom stereocenters. The summed E-state index contributed by atoms with van der Waals surface area (Å²) < 4.78 is 2.09. The molecule has 0 N–H and O–H groups in total. The zero-order chi connectivity index (χ0) is 15.2. The number of hydrogen-bond donors (Lipinski definition) is 0. The molecule has 0 bridgehead atoms. The average molecular weight is 376 g/mol. The highest BCUT2D eigenvalue weighted by molar-refractivity contribution is 5.99. The van der Waals surface area contributed by atoms with E-state index in [9.17, 15) is 0 Å². The predicted molar refractivity (Wildman–Crippen MR) is 88.1 cm³/mol. The number of oxime groups is 1. The molecule has 1 saturated heterocycles. The minimum atomic E-state index is 0. The molecule has 2 heterocycles. The average Bonchev–Trinajstić information content (AvgIpc) is 3.10. The summed E-state index contributed by atoms with van der Waals surface area (Å²) in [6.45, 7) is 3.02. The van der Waals surface area contributed by atoms with Crippen LogP contribution in [0.15, 0.2) is 60.0 Å². The van der Waals surface area contributed by atoms with Crippen LogP contribution in [-0.2, 0) is 11.4 Å². The van der Waals surface area contributed by atoms with Crippen LogP contribution in [0.2, 0.25) is 0 Å². The molecule has 122 valence electrons. The van der Waals surface area contributed by atoms with Crippen LogP contribution < -0.4 is 26.4 Å². The van der Waals surface area contributed by atoms with Gasteiger partial charge in [-0.3, -0.25) is 0 Å².